The Kier molecular flexibility index (Phi) is 4.49. The number of halogens is 1. The molecule has 0 aromatic heterocycles. The molecular formula is C14H17FN2O2. The largest absolute Gasteiger partial charge is 0.494 e. The van der Waals surface area contributed by atoms with Crippen LogP contribution in [-0.4, -0.2) is 25.0 Å². The second-order valence-corrected chi connectivity index (χ2v) is 4.87. The Bertz CT molecular complexity index is 521. The highest BCUT2D eigenvalue weighted by Gasteiger charge is 2.30. The Morgan fingerprint density at radius 1 is 1.53 bits per heavy atom. The second-order valence-electron chi connectivity index (χ2n) is 4.87. The van der Waals surface area contributed by atoms with Crippen LogP contribution in [0.3, 0.4) is 0 Å². The van der Waals surface area contributed by atoms with Gasteiger partial charge in [0, 0.05) is 13.6 Å². The molecule has 5 heteroatoms. The Morgan fingerprint density at radius 2 is 2.16 bits per heavy atom. The van der Waals surface area contributed by atoms with Crippen LogP contribution in [0.25, 0.3) is 0 Å². The maximum atomic E-state index is 13.5. The standard InChI is InChI=1S/C14H17FN2O2/c1-14(2,9-16)13(18)17(3)8-10-5-6-12(19-4)11(15)7-10/h5-7H,8H2,1-4H3. The van der Waals surface area contributed by atoms with E-state index in [9.17, 15) is 9.18 Å². The smallest absolute Gasteiger partial charge is 0.242 e. The highest BCUT2D eigenvalue weighted by molar-refractivity contribution is 5.84. The minimum absolute atomic E-state index is 0.162. The first-order chi connectivity index (χ1) is 8.81. The zero-order chi connectivity index (χ0) is 14.6. The zero-order valence-corrected chi connectivity index (χ0v) is 11.5. The zero-order valence-electron chi connectivity index (χ0n) is 11.5. The third-order valence-corrected chi connectivity index (χ3v) is 2.80. The molecule has 1 aromatic rings. The van der Waals surface area contributed by atoms with Crippen LogP contribution in [0, 0.1) is 22.6 Å². The number of benzene rings is 1. The van der Waals surface area contributed by atoms with Crippen molar-refractivity contribution in [2.75, 3.05) is 14.2 Å². The van der Waals surface area contributed by atoms with Crippen LogP contribution in [0.4, 0.5) is 4.39 Å². The summed E-state index contributed by atoms with van der Waals surface area (Å²) in [5.41, 5.74) is -0.442. The van der Waals surface area contributed by atoms with Gasteiger partial charge in [-0.2, -0.15) is 5.26 Å². The van der Waals surface area contributed by atoms with Gasteiger partial charge in [0.1, 0.15) is 5.41 Å². The molecule has 4 nitrogen and oxygen atoms in total. The van der Waals surface area contributed by atoms with Crippen LogP contribution >= 0.6 is 0 Å². The molecule has 0 aliphatic carbocycles. The summed E-state index contributed by atoms with van der Waals surface area (Å²) in [6, 6.07) is 6.47. The summed E-state index contributed by atoms with van der Waals surface area (Å²) in [4.78, 5) is 13.4. The number of methoxy groups -OCH3 is 1. The van der Waals surface area contributed by atoms with Gasteiger partial charge in [-0.05, 0) is 31.5 Å². The third kappa shape index (κ3) is 3.44. The van der Waals surface area contributed by atoms with Crippen molar-refractivity contribution < 1.29 is 13.9 Å². The molecule has 19 heavy (non-hydrogen) atoms. The maximum Gasteiger partial charge on any atom is 0.242 e. The maximum absolute atomic E-state index is 13.5. The van der Waals surface area contributed by atoms with Crippen LogP contribution in [-0.2, 0) is 11.3 Å². The summed E-state index contributed by atoms with van der Waals surface area (Å²) in [7, 11) is 2.98. The fraction of sp³-hybridized carbons (Fsp3) is 0.429. The van der Waals surface area contributed by atoms with Crippen molar-refractivity contribution in [2.45, 2.75) is 20.4 Å². The fourth-order valence-corrected chi connectivity index (χ4v) is 1.68. The summed E-state index contributed by atoms with van der Waals surface area (Å²) >= 11 is 0. The van der Waals surface area contributed by atoms with E-state index in [0.29, 0.717) is 5.56 Å². The van der Waals surface area contributed by atoms with Crippen LogP contribution in [0.15, 0.2) is 18.2 Å². The molecule has 0 aliphatic rings. The van der Waals surface area contributed by atoms with Crippen molar-refractivity contribution in [3.8, 4) is 11.8 Å². The molecule has 0 radical (unpaired) electrons. The molecule has 0 atom stereocenters. The quantitative estimate of drug-likeness (QED) is 0.838. The average Bonchev–Trinajstić information content (AvgIpc) is 2.38. The number of nitriles is 1. The number of ether oxygens (including phenoxy) is 1. The Hall–Kier alpha value is -2.09. The molecule has 0 unspecified atom stereocenters. The first kappa shape index (κ1) is 15.0. The molecule has 1 aromatic carbocycles. The van der Waals surface area contributed by atoms with E-state index in [-0.39, 0.29) is 18.2 Å². The number of hydrogen-bond acceptors (Lipinski definition) is 3. The van der Waals surface area contributed by atoms with E-state index in [1.54, 1.807) is 27.0 Å². The normalized spacial score (nSPS) is 10.7. The number of nitrogens with zero attached hydrogens (tertiary/aromatic N) is 2. The molecule has 0 spiro atoms. The van der Waals surface area contributed by atoms with Crippen molar-refractivity contribution in [2.24, 2.45) is 5.41 Å². The highest BCUT2D eigenvalue weighted by Crippen LogP contribution is 2.21. The Labute approximate surface area is 112 Å². The Morgan fingerprint density at radius 3 is 2.63 bits per heavy atom. The third-order valence-electron chi connectivity index (χ3n) is 2.80. The molecule has 0 bridgehead atoms. The van der Waals surface area contributed by atoms with Gasteiger partial charge in [-0.3, -0.25) is 4.79 Å². The van der Waals surface area contributed by atoms with Gasteiger partial charge in [0.2, 0.25) is 5.91 Å². The molecule has 0 N–H and O–H groups in total. The fourth-order valence-electron chi connectivity index (χ4n) is 1.68. The molecule has 0 fully saturated rings. The van der Waals surface area contributed by atoms with Crippen LogP contribution in [0.1, 0.15) is 19.4 Å². The van der Waals surface area contributed by atoms with Crippen molar-refractivity contribution in [3.05, 3.63) is 29.6 Å². The lowest BCUT2D eigenvalue weighted by molar-refractivity contribution is -0.136. The Balaban J connectivity index is 2.84. The summed E-state index contributed by atoms with van der Waals surface area (Å²) in [5.74, 6) is -0.610. The van der Waals surface area contributed by atoms with Gasteiger partial charge >= 0.3 is 0 Å². The number of hydrogen-bond donors (Lipinski definition) is 0. The van der Waals surface area contributed by atoms with Crippen LogP contribution < -0.4 is 4.74 Å². The monoisotopic (exact) mass is 264 g/mol. The first-order valence-electron chi connectivity index (χ1n) is 5.81. The van der Waals surface area contributed by atoms with Gasteiger partial charge in [-0.1, -0.05) is 6.07 Å². The van der Waals surface area contributed by atoms with Gasteiger partial charge in [-0.25, -0.2) is 4.39 Å². The molecule has 0 saturated heterocycles. The van der Waals surface area contributed by atoms with Crippen molar-refractivity contribution in [3.63, 3.8) is 0 Å². The minimum atomic E-state index is -1.08. The van der Waals surface area contributed by atoms with Gasteiger partial charge in [-0.15, -0.1) is 0 Å². The van der Waals surface area contributed by atoms with Gasteiger partial charge < -0.3 is 9.64 Å². The molecule has 1 amide bonds. The van der Waals surface area contributed by atoms with E-state index in [0.717, 1.165) is 0 Å². The van der Waals surface area contributed by atoms with Crippen LogP contribution in [0.2, 0.25) is 0 Å². The molecule has 0 aliphatic heterocycles. The number of rotatable bonds is 4. The van der Waals surface area contributed by atoms with E-state index < -0.39 is 11.2 Å². The minimum Gasteiger partial charge on any atom is -0.494 e. The lowest BCUT2D eigenvalue weighted by Crippen LogP contribution is -2.37. The van der Waals surface area contributed by atoms with Gasteiger partial charge in [0.15, 0.2) is 11.6 Å². The van der Waals surface area contributed by atoms with E-state index in [1.807, 2.05) is 6.07 Å². The molecule has 0 heterocycles. The molecule has 1 rings (SSSR count). The predicted octanol–water partition coefficient (Wildman–Crippen LogP) is 2.34. The van der Waals surface area contributed by atoms with Crippen molar-refractivity contribution in [1.82, 2.24) is 4.90 Å². The van der Waals surface area contributed by atoms with Gasteiger partial charge in [0.25, 0.3) is 0 Å². The van der Waals surface area contributed by atoms with Crippen LogP contribution in [0.5, 0.6) is 5.75 Å². The summed E-state index contributed by atoms with van der Waals surface area (Å²) in [5, 5.41) is 8.92. The van der Waals surface area contributed by atoms with Crippen molar-refractivity contribution in [1.29, 1.82) is 5.26 Å². The lowest BCUT2D eigenvalue weighted by atomic mass is 9.94. The number of amides is 1. The van der Waals surface area contributed by atoms with E-state index in [4.69, 9.17) is 10.00 Å². The summed E-state index contributed by atoms with van der Waals surface area (Å²) < 4.78 is 18.3. The topological polar surface area (TPSA) is 53.3 Å². The molecule has 0 saturated carbocycles. The SMILES string of the molecule is COc1ccc(CN(C)C(=O)C(C)(C)C#N)cc1F. The second kappa shape index (κ2) is 5.70. The highest BCUT2D eigenvalue weighted by atomic mass is 19.1. The molecule has 102 valence electrons. The van der Waals surface area contributed by atoms with E-state index in [1.165, 1.54) is 24.1 Å². The van der Waals surface area contributed by atoms with Crippen molar-refractivity contribution >= 4 is 5.91 Å². The molecular weight excluding hydrogens is 247 g/mol. The van der Waals surface area contributed by atoms with E-state index in [2.05, 4.69) is 0 Å². The average molecular weight is 264 g/mol. The summed E-state index contributed by atoms with van der Waals surface area (Å²) in [6.45, 7) is 3.35. The number of carbonyl (C=O) groups is 1. The predicted molar refractivity (Wildman–Crippen MR) is 68.8 cm³/mol. The first-order valence-corrected chi connectivity index (χ1v) is 5.81. The van der Waals surface area contributed by atoms with E-state index >= 15 is 0 Å². The number of carbonyl (C=O) groups excluding carboxylic acids is 1. The lowest BCUT2D eigenvalue weighted by Gasteiger charge is -2.24. The summed E-state index contributed by atoms with van der Waals surface area (Å²) in [6.07, 6.45) is 0. The van der Waals surface area contributed by atoms with Gasteiger partial charge in [0.05, 0.1) is 13.2 Å².